The maximum atomic E-state index is 13.0. The number of rotatable bonds is 17. The third kappa shape index (κ3) is 15.8. The zero-order chi connectivity index (χ0) is 52.9. The standard InChI is InChI=1S/C62H92N2O6/c1-57(2,3)45-35-43(55(69)49(37-45)61(13,14)15)33-41-29-39(31-47(53(41)67)59(7,8)9)23-25-51(65)63-27-21-19-20-22-28-64-52(66)26-24-40-30-42(54(68)48(32-40)60(10,11)12)34-44-36-46(58(4,5)6)38-50(56(44)70)62(16,17)18/h29-32,35-38,67-70H,19-28,33-34H2,1-18H3,(H,63,65)(H,64,66). The second kappa shape index (κ2) is 22.2. The molecule has 0 unspecified atom stereocenters. The molecule has 0 fully saturated rings. The molecule has 0 spiro atoms. The van der Waals surface area contributed by atoms with Crippen molar-refractivity contribution in [2.75, 3.05) is 13.1 Å². The highest BCUT2D eigenvalue weighted by Gasteiger charge is 2.29. The molecule has 0 aromatic heterocycles. The first-order chi connectivity index (χ1) is 32.0. The Balaban J connectivity index is 1.28. The largest absolute Gasteiger partial charge is 0.507 e. The fourth-order valence-corrected chi connectivity index (χ4v) is 9.05. The van der Waals surface area contributed by atoms with Crippen molar-refractivity contribution in [1.29, 1.82) is 0 Å². The molecule has 2 amide bonds. The molecule has 0 aliphatic rings. The third-order valence-electron chi connectivity index (χ3n) is 13.6. The SMILES string of the molecule is CC(C)(C)c1cc(Cc2cc(CCC(=O)NCCCCCCNC(=O)CCc3cc(Cc4cc(C(C)(C)C)cc(C(C)(C)C)c4O)c(O)c(C(C)(C)C)c3)cc(C(C)(C)C)c2O)c(O)c(C(C)(C)C)c1. The molecule has 8 heteroatoms. The van der Waals surface area contributed by atoms with Gasteiger partial charge in [0, 0.05) is 38.8 Å². The van der Waals surface area contributed by atoms with Crippen LogP contribution in [0.15, 0.2) is 48.5 Å². The highest BCUT2D eigenvalue weighted by atomic mass is 16.3. The topological polar surface area (TPSA) is 139 Å². The molecule has 0 saturated heterocycles. The summed E-state index contributed by atoms with van der Waals surface area (Å²) in [7, 11) is 0. The molecule has 4 aromatic rings. The number of aromatic hydroxyl groups is 4. The number of hydrogen-bond acceptors (Lipinski definition) is 6. The molecule has 70 heavy (non-hydrogen) atoms. The molecule has 0 atom stereocenters. The molecule has 8 nitrogen and oxygen atoms in total. The lowest BCUT2D eigenvalue weighted by Gasteiger charge is -2.28. The van der Waals surface area contributed by atoms with E-state index in [0.717, 1.165) is 92.4 Å². The molecule has 0 aliphatic heterocycles. The van der Waals surface area contributed by atoms with Gasteiger partial charge in [0.2, 0.25) is 11.8 Å². The summed E-state index contributed by atoms with van der Waals surface area (Å²) in [5.74, 6) is 0.992. The summed E-state index contributed by atoms with van der Waals surface area (Å²) >= 11 is 0. The van der Waals surface area contributed by atoms with Gasteiger partial charge in [-0.3, -0.25) is 9.59 Å². The van der Waals surface area contributed by atoms with E-state index in [-0.39, 0.29) is 67.3 Å². The van der Waals surface area contributed by atoms with Gasteiger partial charge < -0.3 is 31.1 Å². The first kappa shape index (κ1) is 57.6. The molecule has 0 aliphatic carbocycles. The quantitative estimate of drug-likeness (QED) is 0.0583. The lowest BCUT2D eigenvalue weighted by atomic mass is 9.77. The average Bonchev–Trinajstić information content (AvgIpc) is 3.20. The van der Waals surface area contributed by atoms with Gasteiger partial charge in [-0.25, -0.2) is 0 Å². The van der Waals surface area contributed by atoms with Gasteiger partial charge in [0.05, 0.1) is 0 Å². The van der Waals surface area contributed by atoms with Crippen molar-refractivity contribution in [3.8, 4) is 23.0 Å². The molecule has 0 bridgehead atoms. The van der Waals surface area contributed by atoms with E-state index < -0.39 is 0 Å². The van der Waals surface area contributed by atoms with Gasteiger partial charge in [-0.05, 0) is 125 Å². The Morgan fingerprint density at radius 1 is 0.371 bits per heavy atom. The average molecular weight is 961 g/mol. The maximum Gasteiger partial charge on any atom is 0.220 e. The van der Waals surface area contributed by atoms with Crippen LogP contribution < -0.4 is 10.6 Å². The molecular weight excluding hydrogens is 869 g/mol. The smallest absolute Gasteiger partial charge is 0.220 e. The van der Waals surface area contributed by atoms with Crippen molar-refractivity contribution in [1.82, 2.24) is 10.6 Å². The molecule has 4 rings (SSSR count). The minimum absolute atomic E-state index is 0.0116. The van der Waals surface area contributed by atoms with E-state index in [0.29, 0.717) is 51.6 Å². The fourth-order valence-electron chi connectivity index (χ4n) is 9.05. The third-order valence-corrected chi connectivity index (χ3v) is 13.6. The van der Waals surface area contributed by atoms with E-state index in [1.54, 1.807) is 0 Å². The Hall–Kier alpha value is -4.98. The number of nitrogens with one attached hydrogen (secondary N) is 2. The van der Waals surface area contributed by atoms with Gasteiger partial charge >= 0.3 is 0 Å². The second-order valence-corrected chi connectivity index (χ2v) is 26.3. The number of amides is 2. The van der Waals surface area contributed by atoms with Crippen LogP contribution in [-0.2, 0) is 67.8 Å². The van der Waals surface area contributed by atoms with Crippen molar-refractivity contribution < 1.29 is 30.0 Å². The summed E-state index contributed by atoms with van der Waals surface area (Å²) in [4.78, 5) is 26.1. The van der Waals surface area contributed by atoms with Crippen LogP contribution >= 0.6 is 0 Å². The lowest BCUT2D eigenvalue weighted by Crippen LogP contribution is -2.25. The van der Waals surface area contributed by atoms with Crippen LogP contribution in [-0.4, -0.2) is 45.3 Å². The van der Waals surface area contributed by atoms with Gasteiger partial charge in [-0.2, -0.15) is 0 Å². The van der Waals surface area contributed by atoms with Crippen LogP contribution in [0.25, 0.3) is 0 Å². The monoisotopic (exact) mass is 961 g/mol. The predicted octanol–water partition coefficient (Wildman–Crippen LogP) is 13.8. The van der Waals surface area contributed by atoms with Crippen molar-refractivity contribution in [2.45, 2.75) is 221 Å². The molecule has 0 heterocycles. The summed E-state index contributed by atoms with van der Waals surface area (Å²) < 4.78 is 0. The number of phenols is 4. The molecule has 4 aromatic carbocycles. The minimum Gasteiger partial charge on any atom is -0.507 e. The van der Waals surface area contributed by atoms with Gasteiger partial charge in [0.25, 0.3) is 0 Å². The second-order valence-electron chi connectivity index (χ2n) is 26.3. The number of carbonyl (C=O) groups excluding carboxylic acids is 2. The minimum atomic E-state index is -0.328. The summed E-state index contributed by atoms with van der Waals surface area (Å²) in [5.41, 5.74) is 9.28. The molecule has 6 N–H and O–H groups in total. The Bertz CT molecular complexity index is 2300. The van der Waals surface area contributed by atoms with Gasteiger partial charge in [-0.15, -0.1) is 0 Å². The van der Waals surface area contributed by atoms with Gasteiger partial charge in [0.1, 0.15) is 23.0 Å². The molecule has 386 valence electrons. The van der Waals surface area contributed by atoms with Crippen LogP contribution in [0.4, 0.5) is 0 Å². The summed E-state index contributed by atoms with van der Waals surface area (Å²) in [6.45, 7) is 39.3. The Kier molecular flexibility index (Phi) is 18.3. The zero-order valence-corrected chi connectivity index (χ0v) is 46.7. The van der Waals surface area contributed by atoms with Crippen molar-refractivity contribution >= 4 is 11.8 Å². The lowest BCUT2D eigenvalue weighted by molar-refractivity contribution is -0.121. The van der Waals surface area contributed by atoms with Crippen molar-refractivity contribution in [2.24, 2.45) is 0 Å². The summed E-state index contributed by atoms with van der Waals surface area (Å²) in [6.07, 6.45) is 6.03. The van der Waals surface area contributed by atoms with Crippen LogP contribution in [0.3, 0.4) is 0 Å². The van der Waals surface area contributed by atoms with E-state index >= 15 is 0 Å². The van der Waals surface area contributed by atoms with E-state index in [1.807, 2.05) is 24.3 Å². The predicted molar refractivity (Wildman–Crippen MR) is 291 cm³/mol. The number of aryl methyl sites for hydroxylation is 2. The molecule has 0 radical (unpaired) electrons. The van der Waals surface area contributed by atoms with E-state index in [4.69, 9.17) is 0 Å². The Morgan fingerprint density at radius 3 is 0.914 bits per heavy atom. The number of unbranched alkanes of at least 4 members (excludes halogenated alkanes) is 3. The maximum absolute atomic E-state index is 13.0. The summed E-state index contributed by atoms with van der Waals surface area (Å²) in [6, 6.07) is 16.4. The normalized spacial score (nSPS) is 12.9. The Morgan fingerprint density at radius 2 is 0.643 bits per heavy atom. The van der Waals surface area contributed by atoms with Crippen LogP contribution in [0, 0.1) is 0 Å². The van der Waals surface area contributed by atoms with E-state index in [9.17, 15) is 30.0 Å². The number of hydrogen-bond donors (Lipinski definition) is 6. The highest BCUT2D eigenvalue weighted by Crippen LogP contribution is 2.43. The first-order valence-corrected chi connectivity index (χ1v) is 26.0. The molecule has 0 saturated carbocycles. The van der Waals surface area contributed by atoms with Crippen LogP contribution in [0.5, 0.6) is 23.0 Å². The number of benzene rings is 4. The van der Waals surface area contributed by atoms with Crippen LogP contribution in [0.2, 0.25) is 0 Å². The van der Waals surface area contributed by atoms with Gasteiger partial charge in [-0.1, -0.05) is 186 Å². The Labute approximate surface area is 423 Å². The van der Waals surface area contributed by atoms with Crippen molar-refractivity contribution in [3.63, 3.8) is 0 Å². The molecular formula is C62H92N2O6. The highest BCUT2D eigenvalue weighted by molar-refractivity contribution is 5.76. The first-order valence-electron chi connectivity index (χ1n) is 26.0. The van der Waals surface area contributed by atoms with E-state index in [1.165, 1.54) is 0 Å². The van der Waals surface area contributed by atoms with Crippen molar-refractivity contribution in [3.05, 3.63) is 115 Å². The van der Waals surface area contributed by atoms with E-state index in [2.05, 4.69) is 160 Å². The van der Waals surface area contributed by atoms with Crippen LogP contribution in [0.1, 0.15) is 230 Å². The number of carbonyl (C=O) groups is 2. The zero-order valence-electron chi connectivity index (χ0n) is 46.7. The van der Waals surface area contributed by atoms with Gasteiger partial charge in [0.15, 0.2) is 0 Å². The fraction of sp³-hybridized carbons (Fsp3) is 0.581. The summed E-state index contributed by atoms with van der Waals surface area (Å²) in [5, 5.41) is 52.4. The number of phenolic OH excluding ortho intramolecular Hbond substituents is 4.